The molecule has 0 aliphatic carbocycles. The van der Waals surface area contributed by atoms with E-state index < -0.39 is 10.8 Å². The van der Waals surface area contributed by atoms with E-state index in [9.17, 15) is 14.9 Å². The second kappa shape index (κ2) is 7.50. The third kappa shape index (κ3) is 4.13. The molecule has 2 rings (SSSR count). The van der Waals surface area contributed by atoms with Gasteiger partial charge in [0, 0.05) is 23.1 Å². The highest BCUT2D eigenvalue weighted by Gasteiger charge is 2.17. The van der Waals surface area contributed by atoms with Crippen LogP contribution in [0.2, 0.25) is 0 Å². The van der Waals surface area contributed by atoms with Gasteiger partial charge in [-0.15, -0.1) is 11.3 Å². The van der Waals surface area contributed by atoms with Crippen molar-refractivity contribution in [3.05, 3.63) is 56.3 Å². The van der Waals surface area contributed by atoms with Gasteiger partial charge in [-0.1, -0.05) is 6.07 Å². The minimum atomic E-state index is -0.519. The van der Waals surface area contributed by atoms with E-state index in [1.165, 1.54) is 29.5 Å². The van der Waals surface area contributed by atoms with Gasteiger partial charge in [0.2, 0.25) is 0 Å². The van der Waals surface area contributed by atoms with Crippen LogP contribution in [0, 0.1) is 10.1 Å². The van der Waals surface area contributed by atoms with Gasteiger partial charge < -0.3 is 5.32 Å². The van der Waals surface area contributed by atoms with Crippen LogP contribution in [0.3, 0.4) is 0 Å². The number of thiophene rings is 1. The highest BCUT2D eigenvalue weighted by molar-refractivity contribution is 7.12. The fourth-order valence-electron chi connectivity index (χ4n) is 1.90. The van der Waals surface area contributed by atoms with Crippen molar-refractivity contribution < 1.29 is 9.72 Å². The topological polar surface area (TPSA) is 96.6 Å². The lowest BCUT2D eigenvalue weighted by Crippen LogP contribution is -2.19. The molecule has 0 bridgehead atoms. The molecule has 0 atom stereocenters. The van der Waals surface area contributed by atoms with Crippen LogP contribution in [-0.2, 0) is 0 Å². The van der Waals surface area contributed by atoms with Crippen molar-refractivity contribution in [2.75, 3.05) is 11.9 Å². The molecule has 0 saturated carbocycles. The first-order valence-corrected chi connectivity index (χ1v) is 7.81. The fourth-order valence-corrected chi connectivity index (χ4v) is 2.58. The van der Waals surface area contributed by atoms with Crippen LogP contribution in [-0.4, -0.2) is 23.1 Å². The van der Waals surface area contributed by atoms with Crippen LogP contribution in [0.5, 0.6) is 0 Å². The number of carbonyl (C=O) groups excluding carboxylic acids is 1. The smallest absolute Gasteiger partial charge is 0.293 e. The molecule has 0 aliphatic heterocycles. The molecule has 0 saturated heterocycles. The quantitative estimate of drug-likeness (QED) is 0.482. The summed E-state index contributed by atoms with van der Waals surface area (Å²) in [5.74, 6) is -0.493. The van der Waals surface area contributed by atoms with Crippen LogP contribution in [0.15, 0.2) is 40.8 Å². The first-order valence-electron chi connectivity index (χ1n) is 6.93. The second-order valence-electron chi connectivity index (χ2n) is 4.63. The predicted molar refractivity (Wildman–Crippen MR) is 91.3 cm³/mol. The van der Waals surface area contributed by atoms with E-state index >= 15 is 0 Å². The van der Waals surface area contributed by atoms with Gasteiger partial charge in [0.25, 0.3) is 11.6 Å². The summed E-state index contributed by atoms with van der Waals surface area (Å²) in [5.41, 5.74) is 3.51. The SMILES string of the molecule is CCNc1ccc(C(=O)NN=C(C)c2cccs2)cc1[N+](=O)[O-]. The molecule has 1 aromatic heterocycles. The molecule has 1 amide bonds. The Morgan fingerprint density at radius 2 is 2.17 bits per heavy atom. The van der Waals surface area contributed by atoms with E-state index in [0.29, 0.717) is 17.9 Å². The summed E-state index contributed by atoms with van der Waals surface area (Å²) < 4.78 is 0. The van der Waals surface area contributed by atoms with Crippen LogP contribution in [0.25, 0.3) is 0 Å². The van der Waals surface area contributed by atoms with Crippen LogP contribution in [0.1, 0.15) is 29.1 Å². The van der Waals surface area contributed by atoms with E-state index in [2.05, 4.69) is 15.8 Å². The Kier molecular flexibility index (Phi) is 5.42. The molecule has 2 N–H and O–H groups in total. The van der Waals surface area contributed by atoms with Crippen molar-refractivity contribution in [2.24, 2.45) is 5.10 Å². The molecule has 1 heterocycles. The number of carbonyl (C=O) groups is 1. The van der Waals surface area contributed by atoms with Gasteiger partial charge in [0.05, 0.1) is 10.6 Å². The number of nitrogens with zero attached hydrogens (tertiary/aromatic N) is 2. The number of benzene rings is 1. The lowest BCUT2D eigenvalue weighted by atomic mass is 10.1. The molecule has 1 aromatic carbocycles. The third-order valence-corrected chi connectivity index (χ3v) is 4.01. The Labute approximate surface area is 137 Å². The number of rotatable bonds is 6. The van der Waals surface area contributed by atoms with Gasteiger partial charge in [-0.3, -0.25) is 14.9 Å². The lowest BCUT2D eigenvalue weighted by molar-refractivity contribution is -0.384. The van der Waals surface area contributed by atoms with Gasteiger partial charge in [-0.05, 0) is 37.4 Å². The van der Waals surface area contributed by atoms with Gasteiger partial charge in [-0.25, -0.2) is 5.43 Å². The molecule has 23 heavy (non-hydrogen) atoms. The molecule has 0 spiro atoms. The summed E-state index contributed by atoms with van der Waals surface area (Å²) in [4.78, 5) is 23.6. The Balaban J connectivity index is 2.18. The second-order valence-corrected chi connectivity index (χ2v) is 5.58. The number of amides is 1. The maximum absolute atomic E-state index is 12.1. The maximum Gasteiger partial charge on any atom is 0.293 e. The third-order valence-electron chi connectivity index (χ3n) is 3.03. The van der Waals surface area contributed by atoms with Crippen molar-refractivity contribution in [1.82, 2.24) is 5.43 Å². The Bertz CT molecular complexity index is 741. The fraction of sp³-hybridized carbons (Fsp3) is 0.200. The van der Waals surface area contributed by atoms with E-state index in [-0.39, 0.29) is 11.3 Å². The van der Waals surface area contributed by atoms with E-state index in [1.807, 2.05) is 24.4 Å². The van der Waals surface area contributed by atoms with Crippen LogP contribution in [0.4, 0.5) is 11.4 Å². The van der Waals surface area contributed by atoms with Gasteiger partial charge in [0.1, 0.15) is 5.69 Å². The minimum Gasteiger partial charge on any atom is -0.380 e. The molecule has 0 fully saturated rings. The van der Waals surface area contributed by atoms with Crippen molar-refractivity contribution >= 4 is 34.3 Å². The van der Waals surface area contributed by atoms with Crippen molar-refractivity contribution in [1.29, 1.82) is 0 Å². The van der Waals surface area contributed by atoms with E-state index in [0.717, 1.165) is 4.88 Å². The monoisotopic (exact) mass is 332 g/mol. The van der Waals surface area contributed by atoms with Crippen molar-refractivity contribution in [3.63, 3.8) is 0 Å². The highest BCUT2D eigenvalue weighted by Crippen LogP contribution is 2.25. The van der Waals surface area contributed by atoms with Crippen LogP contribution >= 0.6 is 11.3 Å². The van der Waals surface area contributed by atoms with E-state index in [4.69, 9.17) is 0 Å². The Hall–Kier alpha value is -2.74. The molecule has 8 heteroatoms. The Morgan fingerprint density at radius 1 is 1.39 bits per heavy atom. The number of hydrogen-bond donors (Lipinski definition) is 2. The number of nitro benzene ring substituents is 1. The molecular formula is C15H16N4O3S. The molecule has 0 aliphatic rings. The zero-order valence-electron chi connectivity index (χ0n) is 12.7. The standard InChI is InChI=1S/C15H16N4O3S/c1-3-16-12-7-6-11(9-13(12)19(21)22)15(20)18-17-10(2)14-5-4-8-23-14/h4-9,16H,3H2,1-2H3,(H,18,20). The maximum atomic E-state index is 12.1. The number of hydrogen-bond acceptors (Lipinski definition) is 6. The largest absolute Gasteiger partial charge is 0.380 e. The summed E-state index contributed by atoms with van der Waals surface area (Å²) in [6, 6.07) is 8.07. The van der Waals surface area contributed by atoms with Gasteiger partial charge in [-0.2, -0.15) is 5.10 Å². The minimum absolute atomic E-state index is 0.140. The summed E-state index contributed by atoms with van der Waals surface area (Å²) in [5, 5.41) is 19.9. The average Bonchev–Trinajstić information content (AvgIpc) is 3.07. The van der Waals surface area contributed by atoms with Crippen LogP contribution < -0.4 is 10.7 Å². The first-order chi connectivity index (χ1) is 11.0. The Morgan fingerprint density at radius 3 is 2.78 bits per heavy atom. The highest BCUT2D eigenvalue weighted by atomic mass is 32.1. The van der Waals surface area contributed by atoms with Crippen molar-refractivity contribution in [2.45, 2.75) is 13.8 Å². The first kappa shape index (κ1) is 16.6. The predicted octanol–water partition coefficient (Wildman–Crippen LogP) is 3.24. The molecular weight excluding hydrogens is 316 g/mol. The molecule has 2 aromatic rings. The summed E-state index contributed by atoms with van der Waals surface area (Å²) >= 11 is 1.51. The zero-order chi connectivity index (χ0) is 16.8. The van der Waals surface area contributed by atoms with E-state index in [1.54, 1.807) is 6.92 Å². The van der Waals surface area contributed by atoms with Gasteiger partial charge in [0.15, 0.2) is 0 Å². The summed E-state index contributed by atoms with van der Waals surface area (Å²) in [7, 11) is 0. The average molecular weight is 332 g/mol. The number of nitrogens with one attached hydrogen (secondary N) is 2. The van der Waals surface area contributed by atoms with Crippen molar-refractivity contribution in [3.8, 4) is 0 Å². The lowest BCUT2D eigenvalue weighted by Gasteiger charge is -2.06. The number of anilines is 1. The normalized spacial score (nSPS) is 11.1. The number of nitro groups is 1. The number of hydrazone groups is 1. The molecule has 120 valence electrons. The van der Waals surface area contributed by atoms with Gasteiger partial charge >= 0.3 is 0 Å². The molecule has 0 radical (unpaired) electrons. The molecule has 0 unspecified atom stereocenters. The zero-order valence-corrected chi connectivity index (χ0v) is 13.5. The summed E-state index contributed by atoms with van der Waals surface area (Å²) in [6.45, 7) is 4.17. The molecule has 7 nitrogen and oxygen atoms in total. The summed E-state index contributed by atoms with van der Waals surface area (Å²) in [6.07, 6.45) is 0.